The highest BCUT2D eigenvalue weighted by molar-refractivity contribution is 6.02. The van der Waals surface area contributed by atoms with Gasteiger partial charge in [-0.25, -0.2) is 9.50 Å². The molecule has 33 heavy (non-hydrogen) atoms. The van der Waals surface area contributed by atoms with Crippen molar-refractivity contribution in [1.29, 1.82) is 0 Å². The lowest BCUT2D eigenvalue weighted by Crippen LogP contribution is -2.58. The van der Waals surface area contributed by atoms with Crippen molar-refractivity contribution in [3.05, 3.63) is 89.4 Å². The molecule has 0 unspecified atom stereocenters. The monoisotopic (exact) mass is 439 g/mol. The first-order valence-corrected chi connectivity index (χ1v) is 11.0. The maximum atomic E-state index is 13.4. The van der Waals surface area contributed by atoms with Crippen LogP contribution in [0.3, 0.4) is 0 Å². The van der Waals surface area contributed by atoms with Gasteiger partial charge in [-0.2, -0.15) is 5.10 Å². The lowest BCUT2D eigenvalue weighted by Gasteiger charge is -2.35. The summed E-state index contributed by atoms with van der Waals surface area (Å²) in [7, 11) is 0. The Morgan fingerprint density at radius 3 is 2.42 bits per heavy atom. The first kappa shape index (κ1) is 20.9. The molecule has 0 bridgehead atoms. The van der Waals surface area contributed by atoms with E-state index >= 15 is 0 Å². The van der Waals surface area contributed by atoms with E-state index in [1.165, 1.54) is 11.8 Å². The summed E-state index contributed by atoms with van der Waals surface area (Å²) < 4.78 is 1.60. The molecule has 1 saturated heterocycles. The maximum absolute atomic E-state index is 13.4. The van der Waals surface area contributed by atoms with Gasteiger partial charge in [0.1, 0.15) is 11.6 Å². The molecule has 166 valence electrons. The fourth-order valence-electron chi connectivity index (χ4n) is 4.24. The van der Waals surface area contributed by atoms with Crippen LogP contribution in [-0.4, -0.2) is 50.4 Å². The quantitative estimate of drug-likeness (QED) is 0.530. The number of nitrogens with one attached hydrogen (secondary N) is 1. The molecule has 1 N–H and O–H groups in total. The van der Waals surface area contributed by atoms with Crippen molar-refractivity contribution in [3.8, 4) is 11.1 Å². The van der Waals surface area contributed by atoms with Gasteiger partial charge in [-0.3, -0.25) is 9.59 Å². The Kier molecular flexibility index (Phi) is 5.38. The van der Waals surface area contributed by atoms with Gasteiger partial charge in [0.15, 0.2) is 5.65 Å². The van der Waals surface area contributed by atoms with E-state index in [0.717, 1.165) is 22.3 Å². The van der Waals surface area contributed by atoms with E-state index in [9.17, 15) is 9.59 Å². The molecule has 0 saturated carbocycles. The zero-order chi connectivity index (χ0) is 22.9. The third kappa shape index (κ3) is 4.09. The summed E-state index contributed by atoms with van der Waals surface area (Å²) in [6, 6.07) is 16.0. The number of rotatable bonds is 4. The van der Waals surface area contributed by atoms with Crippen LogP contribution in [0.4, 0.5) is 0 Å². The SMILES string of the molecule is Cc1ccc(-c2ccc(C[C@@H]3C(=O)NCCN3C(=O)c3cnn4cc(C)cnc34)cc2)cc1. The molecule has 7 heteroatoms. The number of hydrogen-bond donors (Lipinski definition) is 1. The normalized spacial score (nSPS) is 16.1. The van der Waals surface area contributed by atoms with E-state index in [2.05, 4.69) is 58.7 Å². The maximum Gasteiger partial charge on any atom is 0.260 e. The van der Waals surface area contributed by atoms with Gasteiger partial charge in [-0.05, 0) is 36.1 Å². The number of benzene rings is 2. The zero-order valence-corrected chi connectivity index (χ0v) is 18.7. The molecule has 1 aliphatic heterocycles. The molecule has 0 radical (unpaired) electrons. The largest absolute Gasteiger partial charge is 0.353 e. The summed E-state index contributed by atoms with van der Waals surface area (Å²) in [5, 5.41) is 7.17. The number of fused-ring (bicyclic) bond motifs is 1. The molecule has 7 nitrogen and oxygen atoms in total. The Morgan fingerprint density at radius 2 is 1.70 bits per heavy atom. The Bertz CT molecular complexity index is 1330. The fraction of sp³-hybridized carbons (Fsp3) is 0.231. The van der Waals surface area contributed by atoms with E-state index in [4.69, 9.17) is 0 Å². The minimum Gasteiger partial charge on any atom is -0.353 e. The Balaban J connectivity index is 1.39. The lowest BCUT2D eigenvalue weighted by molar-refractivity contribution is -0.127. The molecule has 2 aromatic carbocycles. The molecule has 4 aromatic rings. The number of carbonyl (C=O) groups is 2. The van der Waals surface area contributed by atoms with Crippen molar-refractivity contribution in [2.45, 2.75) is 26.3 Å². The molecule has 1 atom stereocenters. The average Bonchev–Trinajstić information content (AvgIpc) is 3.24. The molecule has 1 fully saturated rings. The van der Waals surface area contributed by atoms with Crippen LogP contribution in [0.25, 0.3) is 16.8 Å². The van der Waals surface area contributed by atoms with Gasteiger partial charge in [0.05, 0.1) is 6.20 Å². The lowest BCUT2D eigenvalue weighted by atomic mass is 9.98. The standard InChI is InChI=1S/C26H25N5O2/c1-17-3-7-20(8-4-17)21-9-5-19(6-10-21)13-23-25(32)27-11-12-30(23)26(33)22-15-29-31-16-18(2)14-28-24(22)31/h3-10,14-16,23H,11-13H2,1-2H3,(H,27,32)/t23-/m1/s1. The van der Waals surface area contributed by atoms with E-state index in [0.29, 0.717) is 30.7 Å². The summed E-state index contributed by atoms with van der Waals surface area (Å²) in [6.45, 7) is 4.86. The average molecular weight is 440 g/mol. The molecule has 5 rings (SSSR count). The van der Waals surface area contributed by atoms with E-state index in [1.807, 2.05) is 25.3 Å². The van der Waals surface area contributed by atoms with Gasteiger partial charge in [0, 0.05) is 31.9 Å². The van der Waals surface area contributed by atoms with Gasteiger partial charge in [-0.1, -0.05) is 54.1 Å². The van der Waals surface area contributed by atoms with Crippen molar-refractivity contribution in [3.63, 3.8) is 0 Å². The van der Waals surface area contributed by atoms with Crippen LogP contribution in [-0.2, 0) is 11.2 Å². The van der Waals surface area contributed by atoms with Gasteiger partial charge < -0.3 is 10.2 Å². The zero-order valence-electron chi connectivity index (χ0n) is 18.7. The van der Waals surface area contributed by atoms with E-state index in [1.54, 1.807) is 15.6 Å². The Labute approximate surface area is 192 Å². The second kappa shape index (κ2) is 8.50. The van der Waals surface area contributed by atoms with Crippen LogP contribution in [0.2, 0.25) is 0 Å². The minimum absolute atomic E-state index is 0.141. The first-order valence-electron chi connectivity index (χ1n) is 11.0. The smallest absolute Gasteiger partial charge is 0.260 e. The highest BCUT2D eigenvalue weighted by atomic mass is 16.2. The number of piperazine rings is 1. The molecule has 3 heterocycles. The molecule has 0 aliphatic carbocycles. The van der Waals surface area contributed by atoms with Crippen molar-refractivity contribution < 1.29 is 9.59 Å². The van der Waals surface area contributed by atoms with Crippen molar-refractivity contribution in [2.75, 3.05) is 13.1 Å². The molecular formula is C26H25N5O2. The van der Waals surface area contributed by atoms with Crippen LogP contribution in [0.5, 0.6) is 0 Å². The van der Waals surface area contributed by atoms with Crippen molar-refractivity contribution in [2.24, 2.45) is 0 Å². The molecule has 2 aromatic heterocycles. The number of aromatic nitrogens is 3. The predicted molar refractivity (Wildman–Crippen MR) is 126 cm³/mol. The van der Waals surface area contributed by atoms with Crippen molar-refractivity contribution in [1.82, 2.24) is 24.8 Å². The van der Waals surface area contributed by atoms with Crippen molar-refractivity contribution >= 4 is 17.5 Å². The van der Waals surface area contributed by atoms with E-state index < -0.39 is 6.04 Å². The number of amides is 2. The van der Waals surface area contributed by atoms with Crippen LogP contribution >= 0.6 is 0 Å². The molecule has 0 spiro atoms. The first-order chi connectivity index (χ1) is 16.0. The number of nitrogens with zero attached hydrogens (tertiary/aromatic N) is 4. The topological polar surface area (TPSA) is 79.6 Å². The van der Waals surface area contributed by atoms with Crippen LogP contribution in [0, 0.1) is 13.8 Å². The highest BCUT2D eigenvalue weighted by Gasteiger charge is 2.35. The third-order valence-electron chi connectivity index (χ3n) is 6.08. The molecule has 1 aliphatic rings. The highest BCUT2D eigenvalue weighted by Crippen LogP contribution is 2.23. The summed E-state index contributed by atoms with van der Waals surface area (Å²) >= 11 is 0. The van der Waals surface area contributed by atoms with Gasteiger partial charge in [0.2, 0.25) is 5.91 Å². The van der Waals surface area contributed by atoms with Gasteiger partial charge in [-0.15, -0.1) is 0 Å². The van der Waals surface area contributed by atoms with E-state index in [-0.39, 0.29) is 11.8 Å². The molecular weight excluding hydrogens is 414 g/mol. The predicted octanol–water partition coefficient (Wildman–Crippen LogP) is 3.20. The van der Waals surface area contributed by atoms with Gasteiger partial charge in [0.25, 0.3) is 5.91 Å². The number of carbonyl (C=O) groups excluding carboxylic acids is 2. The van der Waals surface area contributed by atoms with Gasteiger partial charge >= 0.3 is 0 Å². The van der Waals surface area contributed by atoms with Crippen LogP contribution < -0.4 is 5.32 Å². The summed E-state index contributed by atoms with van der Waals surface area (Å²) in [6.07, 6.45) is 5.51. The third-order valence-corrected chi connectivity index (χ3v) is 6.08. The minimum atomic E-state index is -0.586. The number of hydrogen-bond acceptors (Lipinski definition) is 4. The van der Waals surface area contributed by atoms with Crippen LogP contribution in [0.15, 0.2) is 67.1 Å². The number of aryl methyl sites for hydroxylation is 2. The summed E-state index contributed by atoms with van der Waals surface area (Å²) in [4.78, 5) is 32.2. The molecule has 2 amide bonds. The Morgan fingerprint density at radius 1 is 1.00 bits per heavy atom. The van der Waals surface area contributed by atoms with Crippen LogP contribution in [0.1, 0.15) is 27.0 Å². The second-order valence-corrected chi connectivity index (χ2v) is 8.53. The summed E-state index contributed by atoms with van der Waals surface area (Å²) in [5.41, 5.74) is 6.35. The second-order valence-electron chi connectivity index (χ2n) is 8.53. The Hall–Kier alpha value is -4.00. The summed E-state index contributed by atoms with van der Waals surface area (Å²) in [5.74, 6) is -0.366. The fourth-order valence-corrected chi connectivity index (χ4v) is 4.24.